The van der Waals surface area contributed by atoms with Crippen LogP contribution in [0.5, 0.6) is 0 Å². The van der Waals surface area contributed by atoms with E-state index in [2.05, 4.69) is 32.7 Å². The molecule has 1 aromatic rings. The van der Waals surface area contributed by atoms with E-state index in [0.29, 0.717) is 18.9 Å². The Labute approximate surface area is 132 Å². The number of carbonyl (C=O) groups is 1. The number of esters is 1. The SMILES string of the molecule is CCOC(=O)Cc1ccc(B2OCC(C)(C)C(C)(C)O2)cn1. The van der Waals surface area contributed by atoms with Crippen LogP contribution < -0.4 is 5.46 Å². The molecule has 0 aromatic carbocycles. The molecule has 0 atom stereocenters. The third-order valence-corrected chi connectivity index (χ3v) is 4.38. The summed E-state index contributed by atoms with van der Waals surface area (Å²) < 4.78 is 16.8. The number of ether oxygens (including phenoxy) is 1. The Kier molecular flexibility index (Phi) is 4.92. The summed E-state index contributed by atoms with van der Waals surface area (Å²) in [4.78, 5) is 15.7. The van der Waals surface area contributed by atoms with Gasteiger partial charge in [0.25, 0.3) is 0 Å². The molecule has 0 saturated carbocycles. The standard InChI is InChI=1S/C16H24BNO4/c1-6-20-14(19)9-13-8-7-12(10-18-13)17-21-11-15(2,3)16(4,5)22-17/h7-8,10H,6,9,11H2,1-5H3. The molecular weight excluding hydrogens is 281 g/mol. The van der Waals surface area contributed by atoms with Crippen LogP contribution in [0.2, 0.25) is 0 Å². The lowest BCUT2D eigenvalue weighted by Crippen LogP contribution is -2.58. The molecule has 0 aliphatic carbocycles. The van der Waals surface area contributed by atoms with Crippen molar-refractivity contribution in [2.75, 3.05) is 13.2 Å². The van der Waals surface area contributed by atoms with Gasteiger partial charge in [0.15, 0.2) is 0 Å². The van der Waals surface area contributed by atoms with Gasteiger partial charge in [-0.15, -0.1) is 0 Å². The summed E-state index contributed by atoms with van der Waals surface area (Å²) in [6.45, 7) is 11.2. The third kappa shape index (κ3) is 3.68. The fourth-order valence-corrected chi connectivity index (χ4v) is 2.12. The Bertz CT molecular complexity index is 527. The van der Waals surface area contributed by atoms with Crippen LogP contribution >= 0.6 is 0 Å². The molecule has 22 heavy (non-hydrogen) atoms. The summed E-state index contributed by atoms with van der Waals surface area (Å²) in [5.74, 6) is -0.268. The predicted octanol–water partition coefficient (Wildman–Crippen LogP) is 1.73. The highest BCUT2D eigenvalue weighted by atomic mass is 16.6. The molecule has 0 amide bonds. The Hall–Kier alpha value is -1.40. The van der Waals surface area contributed by atoms with Gasteiger partial charge in [0.1, 0.15) is 0 Å². The predicted molar refractivity (Wildman–Crippen MR) is 84.9 cm³/mol. The van der Waals surface area contributed by atoms with Crippen molar-refractivity contribution in [3.63, 3.8) is 0 Å². The van der Waals surface area contributed by atoms with Crippen molar-refractivity contribution in [1.82, 2.24) is 4.98 Å². The second-order valence-corrected chi connectivity index (χ2v) is 6.72. The highest BCUT2D eigenvalue weighted by molar-refractivity contribution is 6.61. The average Bonchev–Trinajstić information content (AvgIpc) is 2.43. The van der Waals surface area contributed by atoms with Gasteiger partial charge < -0.3 is 14.0 Å². The van der Waals surface area contributed by atoms with E-state index in [1.807, 2.05) is 12.1 Å². The van der Waals surface area contributed by atoms with Gasteiger partial charge >= 0.3 is 13.1 Å². The Balaban J connectivity index is 2.04. The van der Waals surface area contributed by atoms with E-state index in [1.54, 1.807) is 13.1 Å². The molecule has 2 heterocycles. The maximum atomic E-state index is 11.4. The number of pyridine rings is 1. The van der Waals surface area contributed by atoms with Crippen LogP contribution in [-0.4, -0.2) is 36.9 Å². The quantitative estimate of drug-likeness (QED) is 0.626. The molecule has 0 bridgehead atoms. The van der Waals surface area contributed by atoms with Crippen molar-refractivity contribution in [2.45, 2.75) is 46.6 Å². The second-order valence-electron chi connectivity index (χ2n) is 6.72. The van der Waals surface area contributed by atoms with Gasteiger partial charge in [0, 0.05) is 23.7 Å². The molecule has 120 valence electrons. The molecule has 6 heteroatoms. The number of rotatable bonds is 4. The van der Waals surface area contributed by atoms with Crippen molar-refractivity contribution in [3.8, 4) is 0 Å². The summed E-state index contributed by atoms with van der Waals surface area (Å²) in [6.07, 6.45) is 1.88. The Morgan fingerprint density at radius 1 is 1.36 bits per heavy atom. The Morgan fingerprint density at radius 3 is 2.64 bits per heavy atom. The smallest absolute Gasteiger partial charge is 0.466 e. The zero-order valence-corrected chi connectivity index (χ0v) is 14.0. The van der Waals surface area contributed by atoms with Crippen LogP contribution in [0.1, 0.15) is 40.3 Å². The summed E-state index contributed by atoms with van der Waals surface area (Å²) in [5, 5.41) is 0. The van der Waals surface area contributed by atoms with E-state index in [-0.39, 0.29) is 23.4 Å². The van der Waals surface area contributed by atoms with Crippen molar-refractivity contribution < 1.29 is 18.8 Å². The van der Waals surface area contributed by atoms with Gasteiger partial charge in [-0.1, -0.05) is 19.9 Å². The van der Waals surface area contributed by atoms with Crippen LogP contribution in [0.4, 0.5) is 0 Å². The molecule has 1 aromatic heterocycles. The van der Waals surface area contributed by atoms with Crippen LogP contribution in [0, 0.1) is 5.41 Å². The highest BCUT2D eigenvalue weighted by Gasteiger charge is 2.46. The molecule has 1 aliphatic heterocycles. The van der Waals surface area contributed by atoms with E-state index in [9.17, 15) is 4.79 Å². The van der Waals surface area contributed by atoms with Crippen molar-refractivity contribution in [3.05, 3.63) is 24.0 Å². The topological polar surface area (TPSA) is 57.7 Å². The molecule has 5 nitrogen and oxygen atoms in total. The van der Waals surface area contributed by atoms with Crippen LogP contribution in [-0.2, 0) is 25.3 Å². The molecule has 1 saturated heterocycles. The molecule has 0 unspecified atom stereocenters. The van der Waals surface area contributed by atoms with E-state index in [1.165, 1.54) is 0 Å². The molecule has 1 fully saturated rings. The first-order valence-corrected chi connectivity index (χ1v) is 7.65. The fourth-order valence-electron chi connectivity index (χ4n) is 2.12. The molecule has 2 rings (SSSR count). The van der Waals surface area contributed by atoms with Crippen LogP contribution in [0.15, 0.2) is 18.3 Å². The highest BCUT2D eigenvalue weighted by Crippen LogP contribution is 2.37. The zero-order valence-electron chi connectivity index (χ0n) is 14.0. The van der Waals surface area contributed by atoms with Crippen molar-refractivity contribution in [2.24, 2.45) is 5.41 Å². The molecular formula is C16H24BNO4. The normalized spacial score (nSPS) is 19.8. The lowest BCUT2D eigenvalue weighted by atomic mass is 9.69. The van der Waals surface area contributed by atoms with E-state index in [0.717, 1.165) is 5.46 Å². The van der Waals surface area contributed by atoms with Crippen molar-refractivity contribution in [1.29, 1.82) is 0 Å². The first-order chi connectivity index (χ1) is 10.2. The summed E-state index contributed by atoms with van der Waals surface area (Å²) >= 11 is 0. The lowest BCUT2D eigenvalue weighted by molar-refractivity contribution is -0.142. The number of nitrogens with zero attached hydrogens (tertiary/aromatic N) is 1. The van der Waals surface area contributed by atoms with Gasteiger partial charge in [-0.05, 0) is 26.8 Å². The Morgan fingerprint density at radius 2 is 2.09 bits per heavy atom. The first-order valence-electron chi connectivity index (χ1n) is 7.65. The first kappa shape index (κ1) is 17.0. The maximum Gasteiger partial charge on any atom is 0.495 e. The van der Waals surface area contributed by atoms with E-state index in [4.69, 9.17) is 14.0 Å². The van der Waals surface area contributed by atoms with Gasteiger partial charge in [0.2, 0.25) is 0 Å². The number of aromatic nitrogens is 1. The summed E-state index contributed by atoms with van der Waals surface area (Å²) in [6, 6.07) is 3.70. The van der Waals surface area contributed by atoms with Gasteiger partial charge in [0.05, 0.1) is 24.3 Å². The van der Waals surface area contributed by atoms with Crippen LogP contribution in [0.3, 0.4) is 0 Å². The zero-order chi connectivity index (χ0) is 16.4. The fraction of sp³-hybridized carbons (Fsp3) is 0.625. The maximum absolute atomic E-state index is 11.4. The van der Waals surface area contributed by atoms with Crippen molar-refractivity contribution >= 4 is 18.6 Å². The molecule has 1 aliphatic rings. The van der Waals surface area contributed by atoms with Gasteiger partial charge in [-0.25, -0.2) is 0 Å². The molecule has 0 radical (unpaired) electrons. The summed E-state index contributed by atoms with van der Waals surface area (Å²) in [7, 11) is -0.424. The van der Waals surface area contributed by atoms with Gasteiger partial charge in [-0.2, -0.15) is 0 Å². The largest absolute Gasteiger partial charge is 0.495 e. The average molecular weight is 305 g/mol. The monoisotopic (exact) mass is 305 g/mol. The molecule has 0 N–H and O–H groups in total. The summed E-state index contributed by atoms with van der Waals surface area (Å²) in [5.41, 5.74) is 1.19. The molecule has 0 spiro atoms. The minimum Gasteiger partial charge on any atom is -0.466 e. The number of carbonyl (C=O) groups excluding carboxylic acids is 1. The van der Waals surface area contributed by atoms with Crippen LogP contribution in [0.25, 0.3) is 0 Å². The van der Waals surface area contributed by atoms with E-state index < -0.39 is 7.12 Å². The minimum absolute atomic E-state index is 0.0548. The minimum atomic E-state index is -0.424. The van der Waals surface area contributed by atoms with Gasteiger partial charge in [-0.3, -0.25) is 9.78 Å². The lowest BCUT2D eigenvalue weighted by Gasteiger charge is -2.47. The third-order valence-electron chi connectivity index (χ3n) is 4.38. The number of hydrogen-bond acceptors (Lipinski definition) is 5. The van der Waals surface area contributed by atoms with E-state index >= 15 is 0 Å². The second kappa shape index (κ2) is 6.38. The number of hydrogen-bond donors (Lipinski definition) is 0.